The largest absolute Gasteiger partial charge is 0.392 e. The van der Waals surface area contributed by atoms with Crippen LogP contribution in [-0.4, -0.2) is 20.7 Å². The molecule has 0 spiro atoms. The molecule has 3 N–H and O–H groups in total. The normalized spacial score (nSPS) is 11.6. The van der Waals surface area contributed by atoms with Crippen LogP contribution in [0.1, 0.15) is 46.6 Å². The number of aromatic nitrogens is 2. The summed E-state index contributed by atoms with van der Waals surface area (Å²) in [6, 6.07) is 0.253. The highest BCUT2D eigenvalue weighted by Gasteiger charge is 2.38. The van der Waals surface area contributed by atoms with Crippen LogP contribution in [0, 0.1) is 5.41 Å². The van der Waals surface area contributed by atoms with Crippen LogP contribution in [0.25, 0.3) is 0 Å². The molecule has 0 aliphatic heterocycles. The highest BCUT2D eigenvalue weighted by molar-refractivity contribution is 7.80. The fourth-order valence-electron chi connectivity index (χ4n) is 1.97. The molecule has 0 aliphatic rings. The average molecular weight is 282 g/mol. The summed E-state index contributed by atoms with van der Waals surface area (Å²) in [7, 11) is 0. The van der Waals surface area contributed by atoms with Gasteiger partial charge in [0.2, 0.25) is 5.91 Å². The molecule has 1 rings (SSSR count). The van der Waals surface area contributed by atoms with Crippen molar-refractivity contribution in [2.24, 2.45) is 11.1 Å². The molecule has 5 nitrogen and oxygen atoms in total. The van der Waals surface area contributed by atoms with E-state index in [9.17, 15) is 4.79 Å². The minimum Gasteiger partial charge on any atom is -0.392 e. The number of nitrogens with zero attached hydrogens (tertiary/aromatic N) is 2. The van der Waals surface area contributed by atoms with E-state index in [1.165, 1.54) is 0 Å². The van der Waals surface area contributed by atoms with Gasteiger partial charge in [-0.1, -0.05) is 26.1 Å². The zero-order valence-electron chi connectivity index (χ0n) is 11.9. The summed E-state index contributed by atoms with van der Waals surface area (Å²) in [5.74, 6) is -0.159. The Morgan fingerprint density at radius 1 is 1.53 bits per heavy atom. The predicted octanol–water partition coefficient (Wildman–Crippen LogP) is 2.50. The minimum atomic E-state index is -0.782. The van der Waals surface area contributed by atoms with E-state index >= 15 is 0 Å². The zero-order valence-corrected chi connectivity index (χ0v) is 12.8. The van der Waals surface area contributed by atoms with Crippen molar-refractivity contribution in [1.82, 2.24) is 9.78 Å². The average Bonchev–Trinajstić information content (AvgIpc) is 2.79. The molecule has 0 bridgehead atoms. The SMILES string of the molecule is CCC(CC)(C(=O)Nc1cnn(C(C)C)c1)C(N)=S. The second-order valence-corrected chi connectivity index (χ2v) is 5.35. The number of nitrogens with two attached hydrogens (primary N) is 1. The van der Waals surface area contributed by atoms with Crippen LogP contribution in [0.15, 0.2) is 12.4 Å². The van der Waals surface area contributed by atoms with Gasteiger partial charge in [-0.2, -0.15) is 5.10 Å². The van der Waals surface area contributed by atoms with Gasteiger partial charge < -0.3 is 11.1 Å². The van der Waals surface area contributed by atoms with Gasteiger partial charge in [-0.05, 0) is 26.7 Å². The Labute approximate surface area is 119 Å². The number of carbonyl (C=O) groups is 1. The molecule has 0 radical (unpaired) electrons. The van der Waals surface area contributed by atoms with Crippen molar-refractivity contribution < 1.29 is 4.79 Å². The topological polar surface area (TPSA) is 72.9 Å². The lowest BCUT2D eigenvalue weighted by atomic mass is 9.81. The number of anilines is 1. The van der Waals surface area contributed by atoms with E-state index in [2.05, 4.69) is 10.4 Å². The molecule has 1 aromatic heterocycles. The molecule has 0 fully saturated rings. The van der Waals surface area contributed by atoms with Gasteiger partial charge in [0.05, 0.1) is 22.3 Å². The number of amides is 1. The molecule has 1 amide bonds. The van der Waals surface area contributed by atoms with Gasteiger partial charge in [0.15, 0.2) is 0 Å². The second-order valence-electron chi connectivity index (χ2n) is 4.91. The second kappa shape index (κ2) is 6.14. The van der Waals surface area contributed by atoms with E-state index in [1.54, 1.807) is 17.1 Å². The van der Waals surface area contributed by atoms with Crippen LogP contribution >= 0.6 is 12.2 Å². The van der Waals surface area contributed by atoms with Gasteiger partial charge >= 0.3 is 0 Å². The van der Waals surface area contributed by atoms with Crippen molar-refractivity contribution in [3.63, 3.8) is 0 Å². The van der Waals surface area contributed by atoms with Gasteiger partial charge in [-0.25, -0.2) is 0 Å². The maximum atomic E-state index is 12.4. The van der Waals surface area contributed by atoms with Crippen molar-refractivity contribution in [2.75, 3.05) is 5.32 Å². The zero-order chi connectivity index (χ0) is 14.6. The Kier molecular flexibility index (Phi) is 5.05. The van der Waals surface area contributed by atoms with Crippen LogP contribution in [0.2, 0.25) is 0 Å². The third-order valence-electron chi connectivity index (χ3n) is 3.50. The first-order chi connectivity index (χ1) is 8.87. The molecule has 19 heavy (non-hydrogen) atoms. The molecule has 6 heteroatoms. The van der Waals surface area contributed by atoms with Crippen molar-refractivity contribution in [3.8, 4) is 0 Å². The smallest absolute Gasteiger partial charge is 0.237 e. The summed E-state index contributed by atoms with van der Waals surface area (Å²) in [4.78, 5) is 12.6. The van der Waals surface area contributed by atoms with E-state index < -0.39 is 5.41 Å². The summed E-state index contributed by atoms with van der Waals surface area (Å²) >= 11 is 5.06. The summed E-state index contributed by atoms with van der Waals surface area (Å²) in [6.07, 6.45) is 4.61. The minimum absolute atomic E-state index is 0.159. The first-order valence-corrected chi connectivity index (χ1v) is 6.93. The maximum Gasteiger partial charge on any atom is 0.237 e. The molecule has 1 aromatic rings. The standard InChI is InChI=1S/C13H22N4OS/c1-5-13(6-2,11(14)19)12(18)16-10-7-15-17(8-10)9(3)4/h7-9H,5-6H2,1-4H3,(H2,14,19)(H,16,18). The predicted molar refractivity (Wildman–Crippen MR) is 81.0 cm³/mol. The molecule has 0 aliphatic carbocycles. The molecular formula is C13H22N4OS. The van der Waals surface area contributed by atoms with E-state index in [0.29, 0.717) is 18.5 Å². The fourth-order valence-corrected chi connectivity index (χ4v) is 2.35. The molecule has 1 heterocycles. The monoisotopic (exact) mass is 282 g/mol. The van der Waals surface area contributed by atoms with Crippen molar-refractivity contribution >= 4 is 28.8 Å². The molecule has 0 aromatic carbocycles. The first kappa shape index (κ1) is 15.6. The Morgan fingerprint density at radius 2 is 2.11 bits per heavy atom. The van der Waals surface area contributed by atoms with Crippen LogP contribution in [0.4, 0.5) is 5.69 Å². The lowest BCUT2D eigenvalue weighted by Gasteiger charge is -2.28. The van der Waals surface area contributed by atoms with Crippen molar-refractivity contribution in [2.45, 2.75) is 46.6 Å². The Morgan fingerprint density at radius 3 is 2.47 bits per heavy atom. The molecular weight excluding hydrogens is 260 g/mol. The first-order valence-electron chi connectivity index (χ1n) is 6.52. The highest BCUT2D eigenvalue weighted by Crippen LogP contribution is 2.28. The summed E-state index contributed by atoms with van der Waals surface area (Å²) in [6.45, 7) is 7.88. The van der Waals surface area contributed by atoms with Gasteiger partial charge in [0.1, 0.15) is 0 Å². The molecule has 106 valence electrons. The lowest BCUT2D eigenvalue weighted by molar-refractivity contribution is -0.122. The summed E-state index contributed by atoms with van der Waals surface area (Å²) in [5.41, 5.74) is 5.64. The van der Waals surface area contributed by atoms with E-state index in [-0.39, 0.29) is 16.9 Å². The third-order valence-corrected chi connectivity index (χ3v) is 3.89. The third kappa shape index (κ3) is 3.12. The molecule has 0 unspecified atom stereocenters. The number of carbonyl (C=O) groups excluding carboxylic acids is 1. The quantitative estimate of drug-likeness (QED) is 0.786. The Hall–Kier alpha value is -1.43. The molecule has 0 atom stereocenters. The number of rotatable bonds is 6. The summed E-state index contributed by atoms with van der Waals surface area (Å²) in [5, 5.41) is 7.04. The van der Waals surface area contributed by atoms with Crippen LogP contribution in [-0.2, 0) is 4.79 Å². The van der Waals surface area contributed by atoms with Crippen molar-refractivity contribution in [3.05, 3.63) is 12.4 Å². The van der Waals surface area contributed by atoms with E-state index in [1.807, 2.05) is 27.7 Å². The van der Waals surface area contributed by atoms with E-state index in [0.717, 1.165) is 0 Å². The molecule has 0 saturated heterocycles. The Bertz CT molecular complexity index is 463. The van der Waals surface area contributed by atoms with Crippen molar-refractivity contribution in [1.29, 1.82) is 0 Å². The lowest BCUT2D eigenvalue weighted by Crippen LogP contribution is -2.45. The fraction of sp³-hybridized carbons (Fsp3) is 0.615. The molecule has 0 saturated carbocycles. The number of thiocarbonyl (C=S) groups is 1. The van der Waals surface area contributed by atoms with Crippen LogP contribution < -0.4 is 11.1 Å². The van der Waals surface area contributed by atoms with Gasteiger partial charge in [0.25, 0.3) is 0 Å². The number of nitrogens with one attached hydrogen (secondary N) is 1. The Balaban J connectivity index is 2.90. The van der Waals surface area contributed by atoms with Gasteiger partial charge in [-0.15, -0.1) is 0 Å². The number of hydrogen-bond donors (Lipinski definition) is 2. The van der Waals surface area contributed by atoms with Gasteiger partial charge in [-0.3, -0.25) is 9.48 Å². The maximum absolute atomic E-state index is 12.4. The van der Waals surface area contributed by atoms with E-state index in [4.69, 9.17) is 18.0 Å². The highest BCUT2D eigenvalue weighted by atomic mass is 32.1. The van der Waals surface area contributed by atoms with Gasteiger partial charge in [0, 0.05) is 12.2 Å². The van der Waals surface area contributed by atoms with Crippen LogP contribution in [0.5, 0.6) is 0 Å². The summed E-state index contributed by atoms with van der Waals surface area (Å²) < 4.78 is 1.79. The number of hydrogen-bond acceptors (Lipinski definition) is 3. The van der Waals surface area contributed by atoms with Crippen LogP contribution in [0.3, 0.4) is 0 Å².